The molecule has 0 aliphatic heterocycles. The highest BCUT2D eigenvalue weighted by Crippen LogP contribution is 2.40. The molecule has 0 aliphatic carbocycles. The Morgan fingerprint density at radius 3 is 2.16 bits per heavy atom. The van der Waals surface area contributed by atoms with Gasteiger partial charge in [-0.25, -0.2) is 18.0 Å². The van der Waals surface area contributed by atoms with Crippen LogP contribution in [0, 0.1) is 17.5 Å². The lowest BCUT2D eigenvalue weighted by Gasteiger charge is -2.13. The van der Waals surface area contributed by atoms with E-state index < -0.39 is 35.0 Å². The average molecular weight is 534 g/mol. The zero-order chi connectivity index (χ0) is 22.7. The number of benzene rings is 3. The lowest BCUT2D eigenvalue weighted by atomic mass is 10.2. The number of carbonyl (C=O) groups excluding carboxylic acids is 2. The van der Waals surface area contributed by atoms with Crippen molar-refractivity contribution in [1.82, 2.24) is 5.32 Å². The fraction of sp³-hybridized carbons (Fsp3) is 0. The van der Waals surface area contributed by atoms with Crippen molar-refractivity contribution in [2.75, 3.05) is 5.32 Å². The van der Waals surface area contributed by atoms with Crippen molar-refractivity contribution in [1.29, 1.82) is 0 Å². The van der Waals surface area contributed by atoms with Gasteiger partial charge in [-0.05, 0) is 42.5 Å². The lowest BCUT2D eigenvalue weighted by Crippen LogP contribution is -2.35. The summed E-state index contributed by atoms with van der Waals surface area (Å²) in [5, 5.41) is 3.70. The molecule has 11 heteroatoms. The molecule has 0 spiro atoms. The maximum atomic E-state index is 14.0. The molecule has 0 aliphatic rings. The second kappa shape index (κ2) is 9.59. The molecule has 3 rings (SSSR count). The van der Waals surface area contributed by atoms with Gasteiger partial charge in [-0.2, -0.15) is 0 Å². The first-order valence-electron chi connectivity index (χ1n) is 8.34. The maximum Gasteiger partial charge on any atom is 0.326 e. The van der Waals surface area contributed by atoms with Gasteiger partial charge in [0, 0.05) is 4.47 Å². The molecule has 0 fully saturated rings. The number of anilines is 1. The summed E-state index contributed by atoms with van der Waals surface area (Å²) >= 11 is 15.4. The molecule has 3 aromatic carbocycles. The molecule has 3 aromatic rings. The van der Waals surface area contributed by atoms with Crippen LogP contribution in [0.15, 0.2) is 53.0 Å². The summed E-state index contributed by atoms with van der Waals surface area (Å²) in [7, 11) is 0. The summed E-state index contributed by atoms with van der Waals surface area (Å²) in [6.45, 7) is 0. The maximum absolute atomic E-state index is 14.0. The van der Waals surface area contributed by atoms with Gasteiger partial charge in [-0.15, -0.1) is 0 Å². The normalized spacial score (nSPS) is 10.5. The standard InChI is InChI=1S/C20H10BrCl2F3N2O3/c21-9-4-6-14(12(26)8-9)31-15-7-5-13(17(22)18(15)23)27-20(30)28-19(29)16-10(24)2-1-3-11(16)25/h1-8H,(H2,27,28,29,30). The number of imide groups is 1. The van der Waals surface area contributed by atoms with Gasteiger partial charge in [0.15, 0.2) is 11.6 Å². The molecule has 0 bridgehead atoms. The number of nitrogens with one attached hydrogen (secondary N) is 2. The van der Waals surface area contributed by atoms with Crippen LogP contribution in [0.3, 0.4) is 0 Å². The Morgan fingerprint density at radius 2 is 1.52 bits per heavy atom. The monoisotopic (exact) mass is 532 g/mol. The van der Waals surface area contributed by atoms with Gasteiger partial charge < -0.3 is 10.1 Å². The SMILES string of the molecule is O=C(NC(=O)c1c(F)cccc1F)Nc1ccc(Oc2ccc(Br)cc2F)c(Cl)c1Cl. The minimum atomic E-state index is -1.29. The molecule has 5 nitrogen and oxygen atoms in total. The first kappa shape index (κ1) is 22.9. The summed E-state index contributed by atoms with van der Waals surface area (Å²) < 4.78 is 47.2. The van der Waals surface area contributed by atoms with E-state index in [-0.39, 0.29) is 27.2 Å². The van der Waals surface area contributed by atoms with E-state index in [2.05, 4.69) is 21.2 Å². The third-order valence-corrected chi connectivity index (χ3v) is 5.18. The van der Waals surface area contributed by atoms with Crippen molar-refractivity contribution in [3.05, 3.63) is 86.1 Å². The first-order valence-corrected chi connectivity index (χ1v) is 9.89. The van der Waals surface area contributed by atoms with Gasteiger partial charge in [0.25, 0.3) is 5.91 Å². The number of hydrogen-bond donors (Lipinski definition) is 2. The predicted molar refractivity (Wildman–Crippen MR) is 113 cm³/mol. The van der Waals surface area contributed by atoms with E-state index in [9.17, 15) is 22.8 Å². The largest absolute Gasteiger partial charge is 0.453 e. The Balaban J connectivity index is 1.74. The molecule has 0 heterocycles. The summed E-state index contributed by atoms with van der Waals surface area (Å²) in [6.07, 6.45) is 0. The van der Waals surface area contributed by atoms with Gasteiger partial charge >= 0.3 is 6.03 Å². The third kappa shape index (κ3) is 5.30. The molecule has 0 unspecified atom stereocenters. The first-order chi connectivity index (χ1) is 14.7. The number of urea groups is 1. The molecule has 31 heavy (non-hydrogen) atoms. The van der Waals surface area contributed by atoms with E-state index in [1.165, 1.54) is 24.3 Å². The third-order valence-electron chi connectivity index (χ3n) is 3.83. The molecule has 160 valence electrons. The second-order valence-corrected chi connectivity index (χ2v) is 7.59. The molecule has 0 saturated heterocycles. The van der Waals surface area contributed by atoms with E-state index in [0.717, 1.165) is 18.2 Å². The number of amides is 3. The lowest BCUT2D eigenvalue weighted by molar-refractivity contribution is 0.0959. The Labute approximate surface area is 192 Å². The number of halogens is 6. The number of carbonyl (C=O) groups is 2. The smallest absolute Gasteiger partial charge is 0.326 e. The van der Waals surface area contributed by atoms with Crippen molar-refractivity contribution >= 4 is 56.8 Å². The van der Waals surface area contributed by atoms with Crippen LogP contribution >= 0.6 is 39.1 Å². The second-order valence-electron chi connectivity index (χ2n) is 5.92. The van der Waals surface area contributed by atoms with Crippen LogP contribution in [0.2, 0.25) is 10.0 Å². The van der Waals surface area contributed by atoms with Crippen LogP contribution in [0.4, 0.5) is 23.7 Å². The molecule has 0 aromatic heterocycles. The van der Waals surface area contributed by atoms with Crippen LogP contribution in [0.1, 0.15) is 10.4 Å². The molecular formula is C20H10BrCl2F3N2O3. The van der Waals surface area contributed by atoms with Crippen LogP contribution in [0.5, 0.6) is 11.5 Å². The van der Waals surface area contributed by atoms with Crippen LogP contribution in [0.25, 0.3) is 0 Å². The summed E-state index contributed by atoms with van der Waals surface area (Å²) in [5.74, 6) is -4.32. The number of hydrogen-bond acceptors (Lipinski definition) is 3. The van der Waals surface area contributed by atoms with Crippen molar-refractivity contribution < 1.29 is 27.5 Å². The van der Waals surface area contributed by atoms with E-state index in [1.54, 1.807) is 11.4 Å². The Morgan fingerprint density at radius 1 is 0.871 bits per heavy atom. The molecule has 3 amide bonds. The topological polar surface area (TPSA) is 67.4 Å². The van der Waals surface area contributed by atoms with Gasteiger partial charge in [0.2, 0.25) is 0 Å². The average Bonchev–Trinajstić information content (AvgIpc) is 2.69. The van der Waals surface area contributed by atoms with E-state index in [4.69, 9.17) is 27.9 Å². The van der Waals surface area contributed by atoms with Crippen LogP contribution in [-0.4, -0.2) is 11.9 Å². The van der Waals surface area contributed by atoms with Gasteiger partial charge in [0.1, 0.15) is 28.0 Å². The summed E-state index contributed by atoms with van der Waals surface area (Å²) in [4.78, 5) is 24.0. The molecule has 0 atom stereocenters. The van der Waals surface area contributed by atoms with Crippen molar-refractivity contribution in [2.45, 2.75) is 0 Å². The number of ether oxygens (including phenoxy) is 1. The molecule has 2 N–H and O–H groups in total. The Bertz CT molecular complexity index is 1170. The van der Waals surface area contributed by atoms with Crippen LogP contribution < -0.4 is 15.4 Å². The quantitative estimate of drug-likeness (QED) is 0.382. The van der Waals surface area contributed by atoms with Crippen molar-refractivity contribution in [3.8, 4) is 11.5 Å². The minimum Gasteiger partial charge on any atom is -0.453 e. The molecular weight excluding hydrogens is 524 g/mol. The minimum absolute atomic E-state index is 0.00310. The Kier molecular flexibility index (Phi) is 7.09. The van der Waals surface area contributed by atoms with E-state index in [0.29, 0.717) is 4.47 Å². The predicted octanol–water partition coefficient (Wildman–Crippen LogP) is 6.93. The van der Waals surface area contributed by atoms with Gasteiger partial charge in [-0.1, -0.05) is 45.2 Å². The van der Waals surface area contributed by atoms with Crippen LogP contribution in [-0.2, 0) is 0 Å². The highest BCUT2D eigenvalue weighted by atomic mass is 79.9. The van der Waals surface area contributed by atoms with E-state index in [1.807, 2.05) is 0 Å². The van der Waals surface area contributed by atoms with E-state index >= 15 is 0 Å². The Hall–Kier alpha value is -2.75. The number of rotatable bonds is 4. The van der Waals surface area contributed by atoms with Crippen molar-refractivity contribution in [2.24, 2.45) is 0 Å². The zero-order valence-corrected chi connectivity index (χ0v) is 18.2. The molecule has 0 saturated carbocycles. The fourth-order valence-electron chi connectivity index (χ4n) is 2.42. The summed E-state index contributed by atoms with van der Waals surface area (Å²) in [5.41, 5.74) is -0.948. The fourth-order valence-corrected chi connectivity index (χ4v) is 3.16. The highest BCUT2D eigenvalue weighted by molar-refractivity contribution is 9.10. The zero-order valence-electron chi connectivity index (χ0n) is 15.1. The van der Waals surface area contributed by atoms with Gasteiger partial charge in [0.05, 0.1) is 10.7 Å². The van der Waals surface area contributed by atoms with Gasteiger partial charge in [-0.3, -0.25) is 10.1 Å². The molecule has 0 radical (unpaired) electrons. The van der Waals surface area contributed by atoms with Crippen molar-refractivity contribution in [3.63, 3.8) is 0 Å². The summed E-state index contributed by atoms with van der Waals surface area (Å²) in [6, 6.07) is 8.43. The highest BCUT2D eigenvalue weighted by Gasteiger charge is 2.20.